The van der Waals surface area contributed by atoms with Crippen LogP contribution in [0.1, 0.15) is 0 Å². The highest BCUT2D eigenvalue weighted by atomic mass is 32.2. The molecule has 0 fully saturated rings. The van der Waals surface area contributed by atoms with Crippen LogP contribution in [0.15, 0.2) is 38.7 Å². The van der Waals surface area contributed by atoms with Crippen molar-refractivity contribution in [3.63, 3.8) is 0 Å². The molecule has 0 atom stereocenters. The summed E-state index contributed by atoms with van der Waals surface area (Å²) < 4.78 is 4.86. The molecule has 2 N–H and O–H groups in total. The Bertz CT molecular complexity index is 496. The Labute approximate surface area is 103 Å². The van der Waals surface area contributed by atoms with Crippen molar-refractivity contribution in [1.29, 1.82) is 0 Å². The molecule has 0 spiro atoms. The molecule has 5 heteroatoms. The summed E-state index contributed by atoms with van der Waals surface area (Å²) >= 11 is 3.46. The molecule has 16 heavy (non-hydrogen) atoms. The Morgan fingerprint density at radius 3 is 2.50 bits per heavy atom. The number of hydrogen-bond donors (Lipinski definition) is 1. The smallest absolute Gasteiger partial charge is 0.229 e. The molecule has 2 aromatic rings. The molecule has 84 valence electrons. The van der Waals surface area contributed by atoms with E-state index in [0.29, 0.717) is 5.88 Å². The van der Waals surface area contributed by atoms with Crippen molar-refractivity contribution in [2.24, 2.45) is 0 Å². The third kappa shape index (κ3) is 2.05. The Morgan fingerprint density at radius 1 is 1.19 bits per heavy atom. The van der Waals surface area contributed by atoms with E-state index < -0.39 is 0 Å². The van der Waals surface area contributed by atoms with Gasteiger partial charge in [0.15, 0.2) is 0 Å². The first-order valence-corrected chi connectivity index (χ1v) is 7.13. The summed E-state index contributed by atoms with van der Waals surface area (Å²) in [4.78, 5) is 2.51. The van der Waals surface area contributed by atoms with Gasteiger partial charge in [-0.1, -0.05) is 11.2 Å². The summed E-state index contributed by atoms with van der Waals surface area (Å²) in [6, 6.07) is 6.24. The van der Waals surface area contributed by atoms with Gasteiger partial charge in [-0.25, -0.2) is 0 Å². The van der Waals surface area contributed by atoms with Crippen LogP contribution in [0.5, 0.6) is 0 Å². The van der Waals surface area contributed by atoms with E-state index in [1.807, 2.05) is 6.07 Å². The second-order valence-electron chi connectivity index (χ2n) is 3.17. The molecule has 0 bridgehead atoms. The van der Waals surface area contributed by atoms with Crippen LogP contribution < -0.4 is 5.73 Å². The van der Waals surface area contributed by atoms with Crippen molar-refractivity contribution in [2.45, 2.75) is 9.79 Å². The number of nitrogens with two attached hydrogens (primary N) is 1. The van der Waals surface area contributed by atoms with Crippen LogP contribution in [0.4, 0.5) is 5.88 Å². The zero-order chi connectivity index (χ0) is 11.5. The minimum atomic E-state index is 0.365. The molecule has 1 aromatic carbocycles. The van der Waals surface area contributed by atoms with Gasteiger partial charge in [0.2, 0.25) is 5.88 Å². The third-order valence-corrected chi connectivity index (χ3v) is 4.00. The molecule has 0 aliphatic carbocycles. The van der Waals surface area contributed by atoms with Crippen LogP contribution in [0.25, 0.3) is 11.1 Å². The van der Waals surface area contributed by atoms with E-state index in [0.717, 1.165) is 11.1 Å². The van der Waals surface area contributed by atoms with E-state index in [2.05, 4.69) is 29.8 Å². The van der Waals surface area contributed by atoms with Gasteiger partial charge in [0.1, 0.15) is 0 Å². The first kappa shape index (κ1) is 11.4. The van der Waals surface area contributed by atoms with Gasteiger partial charge >= 0.3 is 0 Å². The molecular weight excluding hydrogens is 240 g/mol. The molecule has 0 saturated carbocycles. The highest BCUT2D eigenvalue weighted by molar-refractivity contribution is 8.01. The lowest BCUT2D eigenvalue weighted by Gasteiger charge is -2.06. The molecule has 0 saturated heterocycles. The fourth-order valence-electron chi connectivity index (χ4n) is 1.47. The van der Waals surface area contributed by atoms with E-state index in [9.17, 15) is 0 Å². The van der Waals surface area contributed by atoms with Crippen molar-refractivity contribution >= 4 is 29.4 Å². The van der Waals surface area contributed by atoms with Gasteiger partial charge in [0.05, 0.1) is 11.8 Å². The average molecular weight is 252 g/mol. The number of benzene rings is 1. The maximum atomic E-state index is 5.69. The van der Waals surface area contributed by atoms with Crippen molar-refractivity contribution in [3.05, 3.63) is 24.4 Å². The molecule has 0 amide bonds. The third-order valence-electron chi connectivity index (χ3n) is 2.29. The lowest BCUT2D eigenvalue weighted by molar-refractivity contribution is 0.436. The van der Waals surface area contributed by atoms with Crippen LogP contribution in [-0.2, 0) is 0 Å². The predicted octanol–water partition coefficient (Wildman–Crippen LogP) is 3.37. The van der Waals surface area contributed by atoms with E-state index >= 15 is 0 Å². The lowest BCUT2D eigenvalue weighted by Crippen LogP contribution is -1.86. The highest BCUT2D eigenvalue weighted by Crippen LogP contribution is 2.34. The maximum absolute atomic E-state index is 5.69. The minimum absolute atomic E-state index is 0.365. The number of hydrogen-bond acceptors (Lipinski definition) is 5. The quantitative estimate of drug-likeness (QED) is 0.849. The molecular formula is C11H12N2OS2. The predicted molar refractivity (Wildman–Crippen MR) is 69.9 cm³/mol. The van der Waals surface area contributed by atoms with E-state index in [1.54, 1.807) is 29.7 Å². The van der Waals surface area contributed by atoms with Gasteiger partial charge in [-0.2, -0.15) is 0 Å². The number of anilines is 1. The van der Waals surface area contributed by atoms with Crippen molar-refractivity contribution in [3.8, 4) is 11.1 Å². The molecule has 1 aromatic heterocycles. The van der Waals surface area contributed by atoms with E-state index in [1.165, 1.54) is 9.79 Å². The second-order valence-corrected chi connectivity index (χ2v) is 4.87. The zero-order valence-corrected chi connectivity index (χ0v) is 10.7. The van der Waals surface area contributed by atoms with Crippen LogP contribution in [-0.4, -0.2) is 17.7 Å². The normalized spacial score (nSPS) is 10.6. The largest absolute Gasteiger partial charge is 0.367 e. The summed E-state index contributed by atoms with van der Waals surface area (Å²) in [5.74, 6) is 0.365. The molecule has 2 rings (SSSR count). The number of thioether (sulfide) groups is 2. The topological polar surface area (TPSA) is 52.0 Å². The summed E-state index contributed by atoms with van der Waals surface area (Å²) in [6.45, 7) is 0. The van der Waals surface area contributed by atoms with Gasteiger partial charge < -0.3 is 10.3 Å². The second kappa shape index (κ2) is 4.84. The Balaban J connectivity index is 2.48. The van der Waals surface area contributed by atoms with E-state index in [-0.39, 0.29) is 0 Å². The van der Waals surface area contributed by atoms with Gasteiger partial charge in [-0.15, -0.1) is 23.5 Å². The number of nitrogens with zero attached hydrogens (tertiary/aromatic N) is 1. The molecule has 0 aliphatic rings. The Hall–Kier alpha value is -1.07. The lowest BCUT2D eigenvalue weighted by atomic mass is 10.1. The first-order chi connectivity index (χ1) is 7.76. The molecule has 1 heterocycles. The summed E-state index contributed by atoms with van der Waals surface area (Å²) in [7, 11) is 0. The Morgan fingerprint density at radius 2 is 1.94 bits per heavy atom. The SMILES string of the molecule is CSc1ccc(-c2cnoc2N)cc1SC. The summed E-state index contributed by atoms with van der Waals surface area (Å²) in [6.07, 6.45) is 5.78. The van der Waals surface area contributed by atoms with Crippen molar-refractivity contribution in [2.75, 3.05) is 18.2 Å². The van der Waals surface area contributed by atoms with Crippen molar-refractivity contribution in [1.82, 2.24) is 5.16 Å². The minimum Gasteiger partial charge on any atom is -0.367 e. The number of rotatable bonds is 3. The summed E-state index contributed by atoms with van der Waals surface area (Å²) in [5, 5.41) is 3.68. The molecule has 0 unspecified atom stereocenters. The maximum Gasteiger partial charge on any atom is 0.229 e. The monoisotopic (exact) mass is 252 g/mol. The fourth-order valence-corrected chi connectivity index (χ4v) is 2.95. The Kier molecular flexibility index (Phi) is 3.46. The van der Waals surface area contributed by atoms with Crippen LogP contribution in [0, 0.1) is 0 Å². The van der Waals surface area contributed by atoms with E-state index in [4.69, 9.17) is 10.3 Å². The summed E-state index contributed by atoms with van der Waals surface area (Å²) in [5.41, 5.74) is 7.59. The van der Waals surface area contributed by atoms with Crippen LogP contribution in [0.3, 0.4) is 0 Å². The molecule has 0 aliphatic heterocycles. The molecule has 3 nitrogen and oxygen atoms in total. The van der Waals surface area contributed by atoms with Gasteiger partial charge in [-0.3, -0.25) is 0 Å². The fraction of sp³-hybridized carbons (Fsp3) is 0.182. The number of aromatic nitrogens is 1. The van der Waals surface area contributed by atoms with Gasteiger partial charge in [0, 0.05) is 9.79 Å². The van der Waals surface area contributed by atoms with Crippen LogP contribution in [0.2, 0.25) is 0 Å². The zero-order valence-electron chi connectivity index (χ0n) is 9.06. The standard InChI is InChI=1S/C11H12N2OS2/c1-15-9-4-3-7(5-10(9)16-2)8-6-13-14-11(8)12/h3-6H,12H2,1-2H3. The van der Waals surface area contributed by atoms with Crippen LogP contribution >= 0.6 is 23.5 Å². The van der Waals surface area contributed by atoms with Gasteiger partial charge in [0.25, 0.3) is 0 Å². The average Bonchev–Trinajstić information content (AvgIpc) is 2.74. The molecule has 0 radical (unpaired) electrons. The van der Waals surface area contributed by atoms with Crippen molar-refractivity contribution < 1.29 is 4.52 Å². The first-order valence-electron chi connectivity index (χ1n) is 4.69. The highest BCUT2D eigenvalue weighted by Gasteiger charge is 2.09. The van der Waals surface area contributed by atoms with Gasteiger partial charge in [-0.05, 0) is 30.2 Å². The number of nitrogen functional groups attached to an aromatic ring is 1.